The summed E-state index contributed by atoms with van der Waals surface area (Å²) in [5, 5.41) is 0. The SMILES string of the molecule is CCCCCCCCc1cc(N=CC(C)=Nc2cc(CCCC)c(CCCCCC)c(CCCCCC)c2)ccc1C. The van der Waals surface area contributed by atoms with Crippen LogP contribution in [0.1, 0.15) is 165 Å². The van der Waals surface area contributed by atoms with E-state index in [4.69, 9.17) is 9.98 Å². The first-order valence-electron chi connectivity index (χ1n) is 17.9. The lowest BCUT2D eigenvalue weighted by molar-refractivity contribution is 0.607. The van der Waals surface area contributed by atoms with Gasteiger partial charge in [0.15, 0.2) is 0 Å². The molecule has 0 aromatic heterocycles. The van der Waals surface area contributed by atoms with E-state index in [0.717, 1.165) is 23.5 Å². The van der Waals surface area contributed by atoms with Crippen LogP contribution < -0.4 is 0 Å². The zero-order valence-electron chi connectivity index (χ0n) is 28.5. The Labute approximate surface area is 260 Å². The number of aryl methyl sites for hydroxylation is 4. The third-order valence-electron chi connectivity index (χ3n) is 8.64. The van der Waals surface area contributed by atoms with Crippen molar-refractivity contribution in [2.75, 3.05) is 0 Å². The van der Waals surface area contributed by atoms with E-state index in [1.165, 1.54) is 133 Å². The highest BCUT2D eigenvalue weighted by molar-refractivity contribution is 6.30. The summed E-state index contributed by atoms with van der Waals surface area (Å²) in [6.07, 6.45) is 27.7. The molecule has 0 bridgehead atoms. The summed E-state index contributed by atoms with van der Waals surface area (Å²) in [5.74, 6) is 0. The van der Waals surface area contributed by atoms with Crippen molar-refractivity contribution in [1.29, 1.82) is 0 Å². The Bertz CT molecular complexity index is 1060. The van der Waals surface area contributed by atoms with Crippen LogP contribution in [0.4, 0.5) is 11.4 Å². The first-order valence-corrected chi connectivity index (χ1v) is 17.9. The normalized spacial score (nSPS) is 12.1. The molecule has 234 valence electrons. The van der Waals surface area contributed by atoms with Crippen LogP contribution in [0.15, 0.2) is 40.3 Å². The maximum Gasteiger partial charge on any atom is 0.0639 e. The topological polar surface area (TPSA) is 24.7 Å². The third-order valence-corrected chi connectivity index (χ3v) is 8.64. The number of unbranched alkanes of at least 4 members (excludes halogenated alkanes) is 12. The fourth-order valence-electron chi connectivity index (χ4n) is 5.95. The summed E-state index contributed by atoms with van der Waals surface area (Å²) in [4.78, 5) is 9.95. The molecule has 0 aliphatic rings. The largest absolute Gasteiger partial charge is 0.255 e. The third kappa shape index (κ3) is 14.3. The summed E-state index contributed by atoms with van der Waals surface area (Å²) < 4.78 is 0. The number of rotatable bonds is 23. The molecule has 2 nitrogen and oxygen atoms in total. The number of nitrogens with zero attached hydrogens (tertiary/aromatic N) is 2. The lowest BCUT2D eigenvalue weighted by Gasteiger charge is -2.17. The fourth-order valence-corrected chi connectivity index (χ4v) is 5.95. The van der Waals surface area contributed by atoms with Gasteiger partial charge >= 0.3 is 0 Å². The molecule has 42 heavy (non-hydrogen) atoms. The van der Waals surface area contributed by atoms with E-state index in [9.17, 15) is 0 Å². The van der Waals surface area contributed by atoms with E-state index in [1.54, 1.807) is 16.7 Å². The minimum atomic E-state index is 0.974. The van der Waals surface area contributed by atoms with Gasteiger partial charge in [0.2, 0.25) is 0 Å². The van der Waals surface area contributed by atoms with Gasteiger partial charge in [0.05, 0.1) is 17.1 Å². The molecule has 0 radical (unpaired) electrons. The average molecular weight is 573 g/mol. The Morgan fingerprint density at radius 2 is 1.02 bits per heavy atom. The smallest absolute Gasteiger partial charge is 0.0639 e. The molecule has 0 atom stereocenters. The Morgan fingerprint density at radius 1 is 0.548 bits per heavy atom. The second-order valence-corrected chi connectivity index (χ2v) is 12.6. The average Bonchev–Trinajstić information content (AvgIpc) is 2.99. The van der Waals surface area contributed by atoms with Crippen molar-refractivity contribution in [2.45, 2.75) is 170 Å². The summed E-state index contributed by atoms with van der Waals surface area (Å²) >= 11 is 0. The lowest BCUT2D eigenvalue weighted by atomic mass is 9.89. The second kappa shape index (κ2) is 22.3. The van der Waals surface area contributed by atoms with E-state index < -0.39 is 0 Å². The first kappa shape index (κ1) is 36.0. The van der Waals surface area contributed by atoms with Crippen LogP contribution in [0.2, 0.25) is 0 Å². The van der Waals surface area contributed by atoms with Crippen molar-refractivity contribution in [1.82, 2.24) is 0 Å². The van der Waals surface area contributed by atoms with E-state index in [0.29, 0.717) is 0 Å². The molecule has 2 aromatic carbocycles. The molecule has 0 unspecified atom stereocenters. The predicted octanol–water partition coefficient (Wildman–Crippen LogP) is 13.0. The van der Waals surface area contributed by atoms with Gasteiger partial charge in [-0.15, -0.1) is 0 Å². The standard InChI is InChI=1S/C40H64N2/c1-7-11-15-18-19-21-24-35-29-38(28-27-33(35)5)41-32-34(6)42-39-30-36(23-14-10-4)40(26-22-17-13-9-3)37(31-39)25-20-16-12-8-2/h27-32H,7-26H2,1-6H3. The molecule has 0 heterocycles. The summed E-state index contributed by atoms with van der Waals surface area (Å²) in [6.45, 7) is 13.5. The maximum absolute atomic E-state index is 5.09. The molecular formula is C40H64N2. The highest BCUT2D eigenvalue weighted by Crippen LogP contribution is 2.29. The summed E-state index contributed by atoms with van der Waals surface area (Å²) in [6, 6.07) is 11.5. The van der Waals surface area contributed by atoms with E-state index >= 15 is 0 Å². The van der Waals surface area contributed by atoms with E-state index in [1.807, 2.05) is 6.21 Å². The van der Waals surface area contributed by atoms with Crippen LogP contribution in [0.3, 0.4) is 0 Å². The summed E-state index contributed by atoms with van der Waals surface area (Å²) in [5.41, 5.74) is 10.7. The molecule has 0 amide bonds. The molecule has 0 aliphatic heterocycles. The molecule has 0 N–H and O–H groups in total. The van der Waals surface area contributed by atoms with Crippen molar-refractivity contribution in [3.63, 3.8) is 0 Å². The molecule has 2 rings (SSSR count). The van der Waals surface area contributed by atoms with Gasteiger partial charge in [-0.3, -0.25) is 9.98 Å². The molecule has 0 fully saturated rings. The monoisotopic (exact) mass is 573 g/mol. The quantitative estimate of drug-likeness (QED) is 0.0934. The molecule has 0 aliphatic carbocycles. The van der Waals surface area contributed by atoms with Crippen molar-refractivity contribution >= 4 is 23.3 Å². The lowest BCUT2D eigenvalue weighted by Crippen LogP contribution is -2.03. The van der Waals surface area contributed by atoms with E-state index in [2.05, 4.69) is 71.9 Å². The molecule has 2 aromatic rings. The molecule has 0 spiro atoms. The predicted molar refractivity (Wildman–Crippen MR) is 190 cm³/mol. The van der Waals surface area contributed by atoms with Gasteiger partial charge in [0, 0.05) is 6.21 Å². The number of benzene rings is 2. The zero-order valence-corrected chi connectivity index (χ0v) is 28.5. The van der Waals surface area contributed by atoms with Gasteiger partial charge in [-0.05, 0) is 117 Å². The Hall–Kier alpha value is -2.22. The van der Waals surface area contributed by atoms with Gasteiger partial charge in [-0.2, -0.15) is 0 Å². The summed E-state index contributed by atoms with van der Waals surface area (Å²) in [7, 11) is 0. The van der Waals surface area contributed by atoms with Crippen LogP contribution in [0.5, 0.6) is 0 Å². The fraction of sp³-hybridized carbons (Fsp3) is 0.650. The number of aliphatic imine (C=N–C) groups is 2. The van der Waals surface area contributed by atoms with Crippen LogP contribution in [-0.4, -0.2) is 11.9 Å². The highest BCUT2D eigenvalue weighted by Gasteiger charge is 2.12. The van der Waals surface area contributed by atoms with Crippen LogP contribution >= 0.6 is 0 Å². The van der Waals surface area contributed by atoms with Gasteiger partial charge in [-0.25, -0.2) is 0 Å². The van der Waals surface area contributed by atoms with E-state index in [-0.39, 0.29) is 0 Å². The van der Waals surface area contributed by atoms with Crippen molar-refractivity contribution in [3.05, 3.63) is 58.1 Å². The van der Waals surface area contributed by atoms with Crippen LogP contribution in [0, 0.1) is 6.92 Å². The molecular weight excluding hydrogens is 508 g/mol. The second-order valence-electron chi connectivity index (χ2n) is 12.6. The maximum atomic E-state index is 5.09. The highest BCUT2D eigenvalue weighted by atomic mass is 14.8. The molecule has 2 heteroatoms. The number of hydrogen-bond acceptors (Lipinski definition) is 2. The minimum absolute atomic E-state index is 0.974. The van der Waals surface area contributed by atoms with Crippen LogP contribution in [-0.2, 0) is 25.7 Å². The molecule has 0 saturated heterocycles. The van der Waals surface area contributed by atoms with Gasteiger partial charge in [-0.1, -0.05) is 111 Å². The number of hydrogen-bond donors (Lipinski definition) is 0. The Balaban J connectivity index is 2.22. The van der Waals surface area contributed by atoms with Crippen molar-refractivity contribution in [3.8, 4) is 0 Å². The van der Waals surface area contributed by atoms with Crippen molar-refractivity contribution in [2.24, 2.45) is 9.98 Å². The van der Waals surface area contributed by atoms with Crippen LogP contribution in [0.25, 0.3) is 0 Å². The Kier molecular flexibility index (Phi) is 19.1. The van der Waals surface area contributed by atoms with Gasteiger partial charge in [0.1, 0.15) is 0 Å². The van der Waals surface area contributed by atoms with Gasteiger partial charge in [0.25, 0.3) is 0 Å². The van der Waals surface area contributed by atoms with Gasteiger partial charge < -0.3 is 0 Å². The zero-order chi connectivity index (χ0) is 30.4. The first-order chi connectivity index (χ1) is 20.5. The minimum Gasteiger partial charge on any atom is -0.255 e. The Morgan fingerprint density at radius 3 is 1.64 bits per heavy atom. The molecule has 0 saturated carbocycles. The van der Waals surface area contributed by atoms with Crippen molar-refractivity contribution < 1.29 is 0 Å².